The fraction of sp³-hybridized carbons (Fsp3) is 0.381. The van der Waals surface area contributed by atoms with E-state index < -0.39 is 16.1 Å². The van der Waals surface area contributed by atoms with Crippen molar-refractivity contribution >= 4 is 21.6 Å². The van der Waals surface area contributed by atoms with Crippen molar-refractivity contribution < 1.29 is 18.1 Å². The number of amides is 1. The van der Waals surface area contributed by atoms with Gasteiger partial charge < -0.3 is 5.32 Å². The number of nitroso groups, excluding NO2 is 1. The normalized spacial score (nSPS) is 15.6. The van der Waals surface area contributed by atoms with E-state index in [4.69, 9.17) is 5.84 Å². The molecule has 0 aliphatic heterocycles. The molecule has 30 heavy (non-hydrogen) atoms. The summed E-state index contributed by atoms with van der Waals surface area (Å²) >= 11 is 0. The van der Waals surface area contributed by atoms with E-state index in [0.717, 1.165) is 31.2 Å². The van der Waals surface area contributed by atoms with Crippen molar-refractivity contribution in [3.8, 4) is 0 Å². The molecule has 0 aromatic heterocycles. The summed E-state index contributed by atoms with van der Waals surface area (Å²) in [6.45, 7) is -0.00650. The zero-order chi connectivity index (χ0) is 21.6. The first-order valence-electron chi connectivity index (χ1n) is 10.0. The highest BCUT2D eigenvalue weighted by Crippen LogP contribution is 2.25. The van der Waals surface area contributed by atoms with Gasteiger partial charge in [-0.05, 0) is 30.9 Å². The van der Waals surface area contributed by atoms with Crippen LogP contribution in [0.3, 0.4) is 0 Å². The standard InChI is InChI=1S/C21H26N4O4S/c22-25(27)19-12-6-7-13-20(19)30(28,29)23-15-18(14-16-8-2-1-3-9-16)24-21(26)17-10-4-5-11-17/h1-3,6-9,12-13,17-18,23H,4-5,10-11,14-15H2,(H2-,22,24,26,27)/p+1/t18-/m1/s1. The van der Waals surface area contributed by atoms with E-state index in [9.17, 15) is 18.1 Å². The summed E-state index contributed by atoms with van der Waals surface area (Å²) in [6, 6.07) is 14.8. The topological polar surface area (TPSA) is 121 Å². The van der Waals surface area contributed by atoms with Gasteiger partial charge in [0, 0.05) is 24.6 Å². The first kappa shape index (κ1) is 21.9. The molecule has 9 heteroatoms. The Bertz CT molecular complexity index is 989. The van der Waals surface area contributed by atoms with Gasteiger partial charge in [-0.1, -0.05) is 55.3 Å². The van der Waals surface area contributed by atoms with Crippen LogP contribution >= 0.6 is 0 Å². The maximum absolute atomic E-state index is 12.8. The van der Waals surface area contributed by atoms with Crippen LogP contribution < -0.4 is 15.9 Å². The minimum atomic E-state index is -4.00. The lowest BCUT2D eigenvalue weighted by Crippen LogP contribution is -2.46. The SMILES string of the molecule is N[N+](=O)c1ccccc1S(=O)(=O)NC[C@@H](Cc1ccccc1)NC(=O)C1CCCC1. The highest BCUT2D eigenvalue weighted by Gasteiger charge is 2.29. The van der Waals surface area contributed by atoms with Crippen LogP contribution in [0.2, 0.25) is 0 Å². The van der Waals surface area contributed by atoms with Gasteiger partial charge in [-0.2, -0.15) is 5.84 Å². The van der Waals surface area contributed by atoms with Crippen LogP contribution in [0.25, 0.3) is 0 Å². The van der Waals surface area contributed by atoms with Crippen LogP contribution in [-0.4, -0.2) is 31.8 Å². The Hall–Kier alpha value is -2.78. The molecule has 3 rings (SSSR count). The van der Waals surface area contributed by atoms with Crippen LogP contribution in [-0.2, 0) is 21.2 Å². The molecule has 2 aromatic carbocycles. The third kappa shape index (κ3) is 5.64. The highest BCUT2D eigenvalue weighted by atomic mass is 32.2. The van der Waals surface area contributed by atoms with Crippen molar-refractivity contribution in [1.82, 2.24) is 10.0 Å². The number of carbonyl (C=O) groups excluding carboxylic acids is 1. The van der Waals surface area contributed by atoms with Gasteiger partial charge in [-0.3, -0.25) is 4.79 Å². The van der Waals surface area contributed by atoms with Crippen molar-refractivity contribution in [3.63, 3.8) is 0 Å². The molecule has 1 atom stereocenters. The maximum atomic E-state index is 12.8. The van der Waals surface area contributed by atoms with Crippen molar-refractivity contribution in [2.75, 3.05) is 6.54 Å². The van der Waals surface area contributed by atoms with E-state index >= 15 is 0 Å². The number of para-hydroxylation sites is 1. The first-order chi connectivity index (χ1) is 14.4. The Kier molecular flexibility index (Phi) is 7.17. The smallest absolute Gasteiger partial charge is 0.311 e. The Labute approximate surface area is 176 Å². The number of hydrogen-bond acceptors (Lipinski definition) is 4. The number of carbonyl (C=O) groups is 1. The summed E-state index contributed by atoms with van der Waals surface area (Å²) in [5, 5.41) is 3.01. The third-order valence-corrected chi connectivity index (χ3v) is 6.78. The molecule has 0 saturated heterocycles. The molecular weight excluding hydrogens is 404 g/mol. The van der Waals surface area contributed by atoms with E-state index in [2.05, 4.69) is 10.0 Å². The Balaban J connectivity index is 1.75. The molecule has 1 saturated carbocycles. The zero-order valence-corrected chi connectivity index (χ0v) is 17.5. The Morgan fingerprint density at radius 3 is 2.37 bits per heavy atom. The summed E-state index contributed by atoms with van der Waals surface area (Å²) in [7, 11) is -4.00. The summed E-state index contributed by atoms with van der Waals surface area (Å²) in [5.41, 5.74) is 0.834. The lowest BCUT2D eigenvalue weighted by molar-refractivity contribution is -0.477. The highest BCUT2D eigenvalue weighted by molar-refractivity contribution is 7.89. The fourth-order valence-electron chi connectivity index (χ4n) is 3.73. The predicted molar refractivity (Wildman–Crippen MR) is 113 cm³/mol. The number of sulfonamides is 1. The minimum Gasteiger partial charge on any atom is -0.351 e. The van der Waals surface area contributed by atoms with Crippen LogP contribution in [0.4, 0.5) is 5.69 Å². The van der Waals surface area contributed by atoms with Gasteiger partial charge in [0.25, 0.3) is 0 Å². The van der Waals surface area contributed by atoms with Crippen LogP contribution in [0.15, 0.2) is 59.5 Å². The molecule has 1 aliphatic rings. The summed E-state index contributed by atoms with van der Waals surface area (Å²) in [4.78, 5) is 24.0. The largest absolute Gasteiger partial charge is 0.351 e. The second-order valence-corrected chi connectivity index (χ2v) is 9.26. The van der Waals surface area contributed by atoms with E-state index in [1.807, 2.05) is 30.3 Å². The lowest BCUT2D eigenvalue weighted by Gasteiger charge is -2.21. The van der Waals surface area contributed by atoms with Crippen LogP contribution in [0, 0.1) is 10.8 Å². The molecule has 8 nitrogen and oxygen atoms in total. The number of nitrogens with two attached hydrogens (primary N) is 1. The Morgan fingerprint density at radius 1 is 1.07 bits per heavy atom. The number of hydrazine groups is 1. The summed E-state index contributed by atoms with van der Waals surface area (Å²) < 4.78 is 28.1. The fourth-order valence-corrected chi connectivity index (χ4v) is 5.00. The molecule has 0 spiro atoms. The van der Waals surface area contributed by atoms with Gasteiger partial charge in [0.15, 0.2) is 9.76 Å². The molecule has 4 N–H and O–H groups in total. The van der Waals surface area contributed by atoms with E-state index in [-0.39, 0.29) is 33.8 Å². The average Bonchev–Trinajstić information content (AvgIpc) is 3.28. The third-order valence-electron chi connectivity index (χ3n) is 5.31. The second-order valence-electron chi connectivity index (χ2n) is 7.52. The maximum Gasteiger partial charge on any atom is 0.311 e. The molecule has 1 fully saturated rings. The van der Waals surface area contributed by atoms with E-state index in [1.54, 1.807) is 0 Å². The van der Waals surface area contributed by atoms with Gasteiger partial charge >= 0.3 is 5.69 Å². The van der Waals surface area contributed by atoms with E-state index in [1.165, 1.54) is 24.3 Å². The van der Waals surface area contributed by atoms with Crippen molar-refractivity contribution in [2.24, 2.45) is 11.8 Å². The molecule has 160 valence electrons. The van der Waals surface area contributed by atoms with Crippen molar-refractivity contribution in [3.05, 3.63) is 65.1 Å². The molecule has 0 radical (unpaired) electrons. The molecule has 1 aliphatic carbocycles. The molecular formula is C21H27N4O4S+. The predicted octanol–water partition coefficient (Wildman–Crippen LogP) is 2.17. The molecule has 2 aromatic rings. The number of rotatable bonds is 9. The van der Waals surface area contributed by atoms with Crippen molar-refractivity contribution in [2.45, 2.75) is 43.0 Å². The Morgan fingerprint density at radius 2 is 1.70 bits per heavy atom. The quantitative estimate of drug-likeness (QED) is 0.319. The number of nitrogens with zero attached hydrogens (tertiary/aromatic N) is 1. The van der Waals surface area contributed by atoms with Crippen LogP contribution in [0.5, 0.6) is 0 Å². The number of benzene rings is 2. The van der Waals surface area contributed by atoms with Crippen molar-refractivity contribution in [1.29, 1.82) is 0 Å². The lowest BCUT2D eigenvalue weighted by atomic mass is 10.0. The summed E-state index contributed by atoms with van der Waals surface area (Å²) in [6.07, 6.45) is 4.27. The molecule has 1 amide bonds. The van der Waals surface area contributed by atoms with Crippen LogP contribution in [0.1, 0.15) is 31.2 Å². The van der Waals surface area contributed by atoms with Gasteiger partial charge in [0.1, 0.15) is 0 Å². The number of nitrogens with one attached hydrogen (secondary N) is 2. The van der Waals surface area contributed by atoms with Gasteiger partial charge in [0.2, 0.25) is 15.9 Å². The second kappa shape index (κ2) is 9.82. The molecule has 0 heterocycles. The summed E-state index contributed by atoms with van der Waals surface area (Å²) in [5.74, 6) is 5.17. The zero-order valence-electron chi connectivity index (χ0n) is 16.7. The van der Waals surface area contributed by atoms with Gasteiger partial charge in [-0.25, -0.2) is 13.1 Å². The van der Waals surface area contributed by atoms with E-state index in [0.29, 0.717) is 6.42 Å². The number of hydrogen-bond donors (Lipinski definition) is 3. The molecule has 0 unspecified atom stereocenters. The van der Waals surface area contributed by atoms with Gasteiger partial charge in [0.05, 0.1) is 4.91 Å². The van der Waals surface area contributed by atoms with Gasteiger partial charge in [-0.15, -0.1) is 0 Å². The molecule has 0 bridgehead atoms. The average molecular weight is 432 g/mol. The first-order valence-corrected chi connectivity index (χ1v) is 11.5. The monoisotopic (exact) mass is 431 g/mol. The minimum absolute atomic E-state index is 0.00650.